The van der Waals surface area contributed by atoms with Crippen molar-refractivity contribution in [2.24, 2.45) is 11.5 Å². The summed E-state index contributed by atoms with van der Waals surface area (Å²) < 4.78 is 32.9. The van der Waals surface area contributed by atoms with Gasteiger partial charge in [0.25, 0.3) is 0 Å². The number of carbonyl (C=O) groups excluding carboxylic acids is 2. The summed E-state index contributed by atoms with van der Waals surface area (Å²) in [5, 5.41) is 28.4. The monoisotopic (exact) mass is 975 g/mol. The average Bonchev–Trinajstić information content (AvgIpc) is 3.28. The predicted molar refractivity (Wildman–Crippen MR) is 264 cm³/mol. The molecule has 0 aromatic rings. The molecule has 8 N–H and O–H groups in total. The lowest BCUT2D eigenvalue weighted by molar-refractivity contribution is -0.161. The number of aliphatic hydroxyl groups excluding tert-OH is 1. The van der Waals surface area contributed by atoms with E-state index in [1.807, 2.05) is 18.2 Å². The molecule has 0 fully saturated rings. The van der Waals surface area contributed by atoms with Crippen molar-refractivity contribution < 1.29 is 62.5 Å². The van der Waals surface area contributed by atoms with Crippen molar-refractivity contribution in [3.63, 3.8) is 0 Å². The van der Waals surface area contributed by atoms with Gasteiger partial charge in [0.2, 0.25) is 0 Å². The molecule has 0 radical (unpaired) electrons. The first kappa shape index (κ1) is 63.2. The highest BCUT2D eigenvalue weighted by molar-refractivity contribution is 8.00. The Balaban J connectivity index is 5.16. The molecule has 1 unspecified atom stereocenters. The van der Waals surface area contributed by atoms with Gasteiger partial charge >= 0.3 is 31.7 Å². The van der Waals surface area contributed by atoms with Crippen LogP contribution in [0.15, 0.2) is 48.6 Å². The second-order valence-corrected chi connectivity index (χ2v) is 19.5. The largest absolute Gasteiger partial charge is 0.481 e. The minimum absolute atomic E-state index is 0.0423. The summed E-state index contributed by atoms with van der Waals surface area (Å²) in [5.74, 6) is -4.00. The minimum Gasteiger partial charge on any atom is -0.481 e. The van der Waals surface area contributed by atoms with Crippen LogP contribution in [0.1, 0.15) is 181 Å². The van der Waals surface area contributed by atoms with E-state index < -0.39 is 81.1 Å². The molecule has 0 saturated carbocycles. The third kappa shape index (κ3) is 40.3. The Morgan fingerprint density at radius 3 is 1.76 bits per heavy atom. The normalized spacial score (nSPS) is 15.3. The van der Waals surface area contributed by atoms with Gasteiger partial charge in [0, 0.05) is 23.8 Å². The average molecular weight is 975 g/mol. The lowest BCUT2D eigenvalue weighted by Gasteiger charge is -2.23. The number of nitrogens with two attached hydrogens (primary N) is 2. The van der Waals surface area contributed by atoms with Crippen molar-refractivity contribution in [1.82, 2.24) is 0 Å². The number of phosphoric acid groups is 1. The summed E-state index contributed by atoms with van der Waals surface area (Å²) in [6.07, 6.45) is 39.4. The van der Waals surface area contributed by atoms with Gasteiger partial charge in [-0.05, 0) is 38.5 Å². The lowest BCUT2D eigenvalue weighted by Crippen LogP contribution is -2.40. The summed E-state index contributed by atoms with van der Waals surface area (Å²) in [6.45, 7) is 2.28. The number of esters is 2. The first-order valence-electron chi connectivity index (χ1n) is 24.6. The molecule has 0 rings (SSSR count). The van der Waals surface area contributed by atoms with E-state index in [2.05, 4.69) is 30.5 Å². The molecular weight excluding hydrogens is 888 g/mol. The number of thioether (sulfide) groups is 1. The molecule has 0 aliphatic rings. The Bertz CT molecular complexity index is 1430. The van der Waals surface area contributed by atoms with E-state index in [1.54, 1.807) is 18.2 Å². The smallest absolute Gasteiger partial charge is 0.472 e. The molecule has 15 nitrogen and oxygen atoms in total. The summed E-state index contributed by atoms with van der Waals surface area (Å²) >= 11 is 1.15. The minimum atomic E-state index is -4.88. The van der Waals surface area contributed by atoms with Crippen LogP contribution in [0, 0.1) is 0 Å². The third-order valence-electron chi connectivity index (χ3n) is 10.6. The first-order valence-corrected chi connectivity index (χ1v) is 27.1. The number of aliphatic hydroxyl groups is 1. The Kier molecular flexibility index (Phi) is 41.6. The number of rotatable bonds is 46. The standard InChI is InChI=1S/C49H87N2O13PS/c1-3-5-7-9-11-13-15-17-18-19-20-21-23-25-27-29-31-36-47(55)61-37-41(38-62-65(59,60)63-39-42(50)48(56)57)64-49(58)43(51)40-66-45(44(52)33-32-35-46(53)54)34-30-28-26-24-22-16-14-12-10-8-6-4-2/h12,14,22,24,26,28,30,34,41-45,52H,3-11,13,15-21,23,25,27,29,31-33,35-40,50-51H2,1-2H3,(H,53,54)(H,56,57)(H,59,60)/b14-12-,24-22-,28-26+,34-30+/t41-,42+,43+,44+,45-/m1/s1. The van der Waals surface area contributed by atoms with Crippen LogP contribution >= 0.6 is 19.6 Å². The van der Waals surface area contributed by atoms with Crippen LogP contribution in [0.3, 0.4) is 0 Å². The number of phosphoric ester groups is 1. The molecule has 0 aromatic carbocycles. The van der Waals surface area contributed by atoms with Crippen molar-refractivity contribution in [3.8, 4) is 0 Å². The Morgan fingerprint density at radius 2 is 1.18 bits per heavy atom. The zero-order chi connectivity index (χ0) is 49.1. The van der Waals surface area contributed by atoms with Gasteiger partial charge in [-0.2, -0.15) is 0 Å². The molecule has 17 heteroatoms. The van der Waals surface area contributed by atoms with Crippen LogP contribution in [0.25, 0.3) is 0 Å². The second kappa shape index (κ2) is 43.5. The van der Waals surface area contributed by atoms with E-state index in [4.69, 9.17) is 35.7 Å². The number of hydrogen-bond donors (Lipinski definition) is 6. The summed E-state index contributed by atoms with van der Waals surface area (Å²) in [4.78, 5) is 58.0. The van der Waals surface area contributed by atoms with Gasteiger partial charge in [-0.15, -0.1) is 11.8 Å². The fraction of sp³-hybridized carbons (Fsp3) is 0.755. The van der Waals surface area contributed by atoms with E-state index in [9.17, 15) is 33.7 Å². The van der Waals surface area contributed by atoms with Crippen LogP contribution < -0.4 is 11.5 Å². The van der Waals surface area contributed by atoms with E-state index >= 15 is 0 Å². The number of unbranched alkanes of at least 4 members (excludes halogenated alkanes) is 19. The van der Waals surface area contributed by atoms with E-state index in [0.29, 0.717) is 6.42 Å². The van der Waals surface area contributed by atoms with E-state index in [1.165, 1.54) is 96.3 Å². The molecule has 0 aliphatic heterocycles. The van der Waals surface area contributed by atoms with Gasteiger partial charge in [0.05, 0.1) is 19.3 Å². The fourth-order valence-corrected chi connectivity index (χ4v) is 8.45. The molecule has 0 saturated heterocycles. The Labute approximate surface area is 400 Å². The predicted octanol–water partition coefficient (Wildman–Crippen LogP) is 10.3. The van der Waals surface area contributed by atoms with Gasteiger partial charge in [-0.1, -0.05) is 178 Å². The number of carbonyl (C=O) groups is 4. The van der Waals surface area contributed by atoms with E-state index in [0.717, 1.165) is 50.3 Å². The van der Waals surface area contributed by atoms with Crippen molar-refractivity contribution in [3.05, 3.63) is 48.6 Å². The number of ether oxygens (including phenoxy) is 2. The van der Waals surface area contributed by atoms with Gasteiger partial charge in [-0.3, -0.25) is 28.2 Å². The Hall–Kier alpha value is -2.82. The molecule has 0 aliphatic carbocycles. The molecule has 0 heterocycles. The molecule has 6 atom stereocenters. The van der Waals surface area contributed by atoms with Gasteiger partial charge < -0.3 is 41.2 Å². The number of carboxylic acids is 2. The first-order chi connectivity index (χ1) is 31.7. The van der Waals surface area contributed by atoms with Crippen molar-refractivity contribution in [1.29, 1.82) is 0 Å². The molecule has 66 heavy (non-hydrogen) atoms. The summed E-state index contributed by atoms with van der Waals surface area (Å²) in [6, 6.07) is -2.86. The van der Waals surface area contributed by atoms with Crippen LogP contribution in [-0.4, -0.2) is 99.2 Å². The highest BCUT2D eigenvalue weighted by atomic mass is 32.2. The number of aliphatic carboxylic acids is 2. The lowest BCUT2D eigenvalue weighted by atomic mass is 10.0. The topological polar surface area (TPSA) is 255 Å². The highest BCUT2D eigenvalue weighted by Crippen LogP contribution is 2.43. The maximum atomic E-state index is 13.2. The number of hydrogen-bond acceptors (Lipinski definition) is 13. The highest BCUT2D eigenvalue weighted by Gasteiger charge is 2.30. The fourth-order valence-electron chi connectivity index (χ4n) is 6.55. The molecular formula is C49H87N2O13PS. The van der Waals surface area contributed by atoms with Crippen molar-refractivity contribution in [2.45, 2.75) is 210 Å². The van der Waals surface area contributed by atoms with E-state index in [-0.39, 0.29) is 31.4 Å². The van der Waals surface area contributed by atoms with Crippen LogP contribution in [-0.2, 0) is 42.3 Å². The molecule has 382 valence electrons. The SMILES string of the molecule is CCCCC/C=C\C\C=C/C=C/C=C/[C@@H](SC[C@H](N)C(=O)O[C@H](COC(=O)CCCCCCCCCCCCCCCCCCC)COP(=O)(O)OC[C@H](N)C(=O)O)[C@@H](O)CCCC(=O)O. The maximum Gasteiger partial charge on any atom is 0.472 e. The summed E-state index contributed by atoms with van der Waals surface area (Å²) in [5.41, 5.74) is 11.5. The Morgan fingerprint density at radius 1 is 0.636 bits per heavy atom. The third-order valence-corrected chi connectivity index (χ3v) is 12.9. The van der Waals surface area contributed by atoms with Gasteiger partial charge in [0.1, 0.15) is 18.7 Å². The number of allylic oxidation sites excluding steroid dienone is 7. The maximum absolute atomic E-state index is 13.2. The van der Waals surface area contributed by atoms with Gasteiger partial charge in [-0.25, -0.2) is 4.57 Å². The molecule has 0 amide bonds. The van der Waals surface area contributed by atoms with Crippen LogP contribution in [0.2, 0.25) is 0 Å². The number of carboxylic acid groups (broad SMARTS) is 2. The molecule has 0 bridgehead atoms. The van der Waals surface area contributed by atoms with Crippen LogP contribution in [0.4, 0.5) is 0 Å². The summed E-state index contributed by atoms with van der Waals surface area (Å²) in [7, 11) is -4.88. The zero-order valence-electron chi connectivity index (χ0n) is 40.2. The molecule has 0 aromatic heterocycles. The second-order valence-electron chi connectivity index (χ2n) is 16.8. The molecule has 0 spiro atoms. The zero-order valence-corrected chi connectivity index (χ0v) is 41.9. The van der Waals surface area contributed by atoms with Crippen molar-refractivity contribution in [2.75, 3.05) is 25.6 Å². The van der Waals surface area contributed by atoms with Crippen LogP contribution in [0.5, 0.6) is 0 Å². The quantitative estimate of drug-likeness (QED) is 0.0109. The van der Waals surface area contributed by atoms with Gasteiger partial charge in [0.15, 0.2) is 6.10 Å². The van der Waals surface area contributed by atoms with Crippen molar-refractivity contribution >= 4 is 43.5 Å².